The summed E-state index contributed by atoms with van der Waals surface area (Å²) < 4.78 is 0. The molecule has 0 aliphatic carbocycles. The average Bonchev–Trinajstić information content (AvgIpc) is 2.14. The first-order chi connectivity index (χ1) is 6.65. The summed E-state index contributed by atoms with van der Waals surface area (Å²) in [4.78, 5) is 0. The molecule has 0 spiro atoms. The van der Waals surface area contributed by atoms with Gasteiger partial charge in [-0.1, -0.05) is 39.7 Å². The minimum Gasteiger partial charge on any atom is -0.506 e. The van der Waals surface area contributed by atoms with Crippen LogP contribution in [0.1, 0.15) is 17.5 Å². The van der Waals surface area contributed by atoms with Crippen LogP contribution >= 0.6 is 27.5 Å². The van der Waals surface area contributed by atoms with E-state index >= 15 is 0 Å². The van der Waals surface area contributed by atoms with Crippen LogP contribution in [0.2, 0.25) is 5.02 Å². The second-order valence-corrected chi connectivity index (χ2v) is 4.25. The van der Waals surface area contributed by atoms with Gasteiger partial charge in [0.1, 0.15) is 5.75 Å². The molecule has 0 fully saturated rings. The molecule has 1 aromatic carbocycles. The summed E-state index contributed by atoms with van der Waals surface area (Å²) in [6.45, 7) is 1.84. The van der Waals surface area contributed by atoms with E-state index in [-0.39, 0.29) is 5.75 Å². The van der Waals surface area contributed by atoms with E-state index in [1.165, 1.54) is 0 Å². The first kappa shape index (κ1) is 11.6. The fourth-order valence-corrected chi connectivity index (χ4v) is 1.68. The van der Waals surface area contributed by atoms with Gasteiger partial charge in [-0.2, -0.15) is 0 Å². The Bertz CT molecular complexity index is 324. The predicted molar refractivity (Wildman–Crippen MR) is 65.3 cm³/mol. The maximum atomic E-state index is 9.44. The smallest absolute Gasteiger partial charge is 0.137 e. The molecule has 0 saturated carbocycles. The first-order valence-corrected chi connectivity index (χ1v) is 5.86. The molecule has 0 aliphatic heterocycles. The Morgan fingerprint density at radius 3 is 2.79 bits per heavy atom. The zero-order chi connectivity index (χ0) is 10.6. The molecule has 3 heteroatoms. The lowest BCUT2D eigenvalue weighted by atomic mass is 10.1. The Balaban J connectivity index is 2.89. The molecule has 14 heavy (non-hydrogen) atoms. The number of aromatic hydroxyl groups is 1. The van der Waals surface area contributed by atoms with E-state index in [2.05, 4.69) is 22.0 Å². The highest BCUT2D eigenvalue weighted by Crippen LogP contribution is 2.28. The fourth-order valence-electron chi connectivity index (χ4n) is 1.14. The Hall–Kier alpha value is -0.470. The van der Waals surface area contributed by atoms with Gasteiger partial charge in [0.25, 0.3) is 0 Å². The number of aryl methyl sites for hydroxylation is 1. The monoisotopic (exact) mass is 274 g/mol. The highest BCUT2D eigenvalue weighted by atomic mass is 79.9. The van der Waals surface area contributed by atoms with E-state index in [1.54, 1.807) is 6.07 Å². The molecule has 0 heterocycles. The van der Waals surface area contributed by atoms with Gasteiger partial charge in [0.2, 0.25) is 0 Å². The summed E-state index contributed by atoms with van der Waals surface area (Å²) in [5.41, 5.74) is 1.82. The Kier molecular flexibility index (Phi) is 4.49. The van der Waals surface area contributed by atoms with Gasteiger partial charge in [-0.25, -0.2) is 0 Å². The molecule has 1 aromatic rings. The second kappa shape index (κ2) is 5.42. The van der Waals surface area contributed by atoms with Crippen LogP contribution in [0.4, 0.5) is 0 Å². The third-order valence-electron chi connectivity index (χ3n) is 1.86. The van der Waals surface area contributed by atoms with Crippen molar-refractivity contribution < 1.29 is 5.11 Å². The van der Waals surface area contributed by atoms with Crippen LogP contribution in [0.3, 0.4) is 0 Å². The predicted octanol–water partition coefficient (Wildman–Crippen LogP) is 4.15. The fraction of sp³-hybridized carbons (Fsp3) is 0.273. The number of benzene rings is 1. The number of rotatable bonds is 3. The molecule has 0 bridgehead atoms. The van der Waals surface area contributed by atoms with Crippen LogP contribution in [0.15, 0.2) is 18.2 Å². The maximum Gasteiger partial charge on any atom is 0.137 e. The molecule has 0 aromatic heterocycles. The second-order valence-electron chi connectivity index (χ2n) is 3.05. The molecule has 0 aliphatic rings. The maximum absolute atomic E-state index is 9.44. The zero-order valence-electron chi connectivity index (χ0n) is 7.93. The average molecular weight is 276 g/mol. The molecular formula is C11H12BrClO. The molecule has 0 saturated heterocycles. The number of phenolic OH excluding ortho intramolecular Hbond substituents is 1. The summed E-state index contributed by atoms with van der Waals surface area (Å²) in [6.07, 6.45) is 5.05. The summed E-state index contributed by atoms with van der Waals surface area (Å²) >= 11 is 9.18. The number of hydrogen-bond acceptors (Lipinski definition) is 1. The molecule has 0 atom stereocenters. The number of allylic oxidation sites excluding steroid dienone is 1. The van der Waals surface area contributed by atoms with Gasteiger partial charge in [-0.3, -0.25) is 0 Å². The van der Waals surface area contributed by atoms with Crippen molar-refractivity contribution in [2.75, 3.05) is 5.33 Å². The van der Waals surface area contributed by atoms with Crippen molar-refractivity contribution in [1.82, 2.24) is 0 Å². The van der Waals surface area contributed by atoms with Crippen LogP contribution in [0.5, 0.6) is 5.75 Å². The summed E-state index contributed by atoms with van der Waals surface area (Å²) in [7, 11) is 0. The van der Waals surface area contributed by atoms with Gasteiger partial charge < -0.3 is 5.11 Å². The van der Waals surface area contributed by atoms with E-state index in [0.29, 0.717) is 5.02 Å². The lowest BCUT2D eigenvalue weighted by Crippen LogP contribution is -1.80. The van der Waals surface area contributed by atoms with E-state index in [1.807, 2.05) is 19.1 Å². The van der Waals surface area contributed by atoms with E-state index in [0.717, 1.165) is 22.9 Å². The van der Waals surface area contributed by atoms with Crippen molar-refractivity contribution >= 4 is 33.6 Å². The van der Waals surface area contributed by atoms with Crippen LogP contribution in [0, 0.1) is 6.92 Å². The van der Waals surface area contributed by atoms with Gasteiger partial charge >= 0.3 is 0 Å². The van der Waals surface area contributed by atoms with Crippen molar-refractivity contribution in [3.05, 3.63) is 34.4 Å². The molecular weight excluding hydrogens is 263 g/mol. The van der Waals surface area contributed by atoms with Gasteiger partial charge in [0.15, 0.2) is 0 Å². The summed E-state index contributed by atoms with van der Waals surface area (Å²) in [5.74, 6) is 0.171. The van der Waals surface area contributed by atoms with Gasteiger partial charge in [-0.05, 0) is 36.6 Å². The van der Waals surface area contributed by atoms with E-state index in [4.69, 9.17) is 11.6 Å². The minimum absolute atomic E-state index is 0.171. The first-order valence-electron chi connectivity index (χ1n) is 4.36. The Morgan fingerprint density at radius 1 is 1.50 bits per heavy atom. The molecule has 0 unspecified atom stereocenters. The number of halogens is 2. The van der Waals surface area contributed by atoms with Crippen LogP contribution in [-0.2, 0) is 0 Å². The standard InChI is InChI=1S/C11H12BrClO/c1-8-6-9(4-2-3-5-12)7-10(13)11(8)14/h2,4,6-7,14H,3,5H2,1H3. The molecule has 0 radical (unpaired) electrons. The quantitative estimate of drug-likeness (QED) is 0.822. The molecule has 1 nitrogen and oxygen atoms in total. The largest absolute Gasteiger partial charge is 0.506 e. The van der Waals surface area contributed by atoms with Crippen molar-refractivity contribution in [3.8, 4) is 5.75 Å². The Morgan fingerprint density at radius 2 is 2.21 bits per heavy atom. The third kappa shape index (κ3) is 3.03. The number of phenols is 1. The van der Waals surface area contributed by atoms with Gasteiger partial charge in [-0.15, -0.1) is 0 Å². The summed E-state index contributed by atoms with van der Waals surface area (Å²) in [5, 5.41) is 10.8. The van der Waals surface area contributed by atoms with Crippen molar-refractivity contribution in [2.45, 2.75) is 13.3 Å². The van der Waals surface area contributed by atoms with Crippen molar-refractivity contribution in [3.63, 3.8) is 0 Å². The van der Waals surface area contributed by atoms with Crippen LogP contribution in [0.25, 0.3) is 6.08 Å². The molecule has 1 N–H and O–H groups in total. The highest BCUT2D eigenvalue weighted by molar-refractivity contribution is 9.09. The molecule has 1 rings (SSSR count). The normalized spacial score (nSPS) is 11.1. The minimum atomic E-state index is 0.171. The number of alkyl halides is 1. The zero-order valence-corrected chi connectivity index (χ0v) is 10.3. The lowest BCUT2D eigenvalue weighted by Gasteiger charge is -2.02. The van der Waals surface area contributed by atoms with Crippen LogP contribution in [-0.4, -0.2) is 10.4 Å². The summed E-state index contributed by atoms with van der Waals surface area (Å²) in [6, 6.07) is 3.67. The highest BCUT2D eigenvalue weighted by Gasteiger charge is 2.02. The van der Waals surface area contributed by atoms with E-state index in [9.17, 15) is 5.11 Å². The van der Waals surface area contributed by atoms with Gasteiger partial charge in [0.05, 0.1) is 5.02 Å². The van der Waals surface area contributed by atoms with Crippen molar-refractivity contribution in [2.24, 2.45) is 0 Å². The topological polar surface area (TPSA) is 20.2 Å². The molecule has 76 valence electrons. The number of hydrogen-bond donors (Lipinski definition) is 1. The molecule has 0 amide bonds. The van der Waals surface area contributed by atoms with Gasteiger partial charge in [0, 0.05) is 5.33 Å². The lowest BCUT2D eigenvalue weighted by molar-refractivity contribution is 0.471. The van der Waals surface area contributed by atoms with E-state index < -0.39 is 0 Å². The van der Waals surface area contributed by atoms with Crippen LogP contribution < -0.4 is 0 Å². The van der Waals surface area contributed by atoms with Crippen molar-refractivity contribution in [1.29, 1.82) is 0 Å². The SMILES string of the molecule is Cc1cc(C=CCCBr)cc(Cl)c1O. The Labute approximate surface area is 97.5 Å². The third-order valence-corrected chi connectivity index (χ3v) is 2.61.